The maximum Gasteiger partial charge on any atom is 0.336 e. The Balaban J connectivity index is 1.77. The van der Waals surface area contributed by atoms with Crippen LogP contribution in [-0.2, 0) is 6.54 Å². The summed E-state index contributed by atoms with van der Waals surface area (Å²) in [5.74, 6) is 0. The number of hydrogen-bond acceptors (Lipinski definition) is 2. The lowest BCUT2D eigenvalue weighted by atomic mass is 10.0. The van der Waals surface area contributed by atoms with E-state index < -0.39 is 0 Å². The summed E-state index contributed by atoms with van der Waals surface area (Å²) in [6, 6.07) is 14.0. The third kappa shape index (κ3) is 2.83. The minimum atomic E-state index is -0.245. The van der Waals surface area contributed by atoms with Crippen LogP contribution in [0.25, 0.3) is 21.7 Å². The second kappa shape index (κ2) is 6.38. The third-order valence-corrected chi connectivity index (χ3v) is 5.32. The largest absolute Gasteiger partial charge is 0.423 e. The normalized spacial score (nSPS) is 21.4. The highest BCUT2D eigenvalue weighted by Gasteiger charge is 2.23. The number of rotatable bonds is 3. The highest BCUT2D eigenvalue weighted by molar-refractivity contribution is 6.06. The van der Waals surface area contributed by atoms with Crippen LogP contribution in [0.2, 0.25) is 0 Å². The van der Waals surface area contributed by atoms with Gasteiger partial charge in [-0.3, -0.25) is 0 Å². The summed E-state index contributed by atoms with van der Waals surface area (Å²) in [5, 5.41) is 3.46. The van der Waals surface area contributed by atoms with Crippen LogP contribution in [0.1, 0.15) is 12.5 Å². The number of hydrogen-bond donors (Lipinski definition) is 2. The van der Waals surface area contributed by atoms with E-state index in [0.29, 0.717) is 5.58 Å². The predicted molar refractivity (Wildman–Crippen MR) is 95.6 cm³/mol. The van der Waals surface area contributed by atoms with Gasteiger partial charge in [-0.25, -0.2) is 4.79 Å². The Kier molecular flexibility index (Phi) is 4.08. The topological polar surface area (TPSA) is 39.1 Å². The lowest BCUT2D eigenvalue weighted by Crippen LogP contribution is -3.27. The van der Waals surface area contributed by atoms with Crippen LogP contribution in [0.3, 0.4) is 0 Å². The van der Waals surface area contributed by atoms with Crippen molar-refractivity contribution in [3.05, 3.63) is 58.4 Å². The van der Waals surface area contributed by atoms with Gasteiger partial charge in [0.25, 0.3) is 0 Å². The van der Waals surface area contributed by atoms with Gasteiger partial charge in [-0.05, 0) is 23.8 Å². The number of nitrogens with one attached hydrogen (secondary N) is 2. The average Bonchev–Trinajstić information content (AvgIpc) is 2.61. The molecule has 4 heteroatoms. The lowest BCUT2D eigenvalue weighted by Gasteiger charge is -2.29. The molecule has 124 valence electrons. The summed E-state index contributed by atoms with van der Waals surface area (Å²) in [6.07, 6.45) is 0. The highest BCUT2D eigenvalue weighted by atomic mass is 16.4. The van der Waals surface area contributed by atoms with Crippen molar-refractivity contribution in [1.82, 2.24) is 0 Å². The van der Waals surface area contributed by atoms with Gasteiger partial charge in [0.15, 0.2) is 0 Å². The van der Waals surface area contributed by atoms with E-state index in [-0.39, 0.29) is 5.63 Å². The third-order valence-electron chi connectivity index (χ3n) is 5.32. The smallest absolute Gasteiger partial charge is 0.336 e. The van der Waals surface area contributed by atoms with Crippen LogP contribution in [-0.4, -0.2) is 32.7 Å². The Morgan fingerprint density at radius 1 is 1.00 bits per heavy atom. The molecule has 1 aliphatic heterocycles. The molecule has 24 heavy (non-hydrogen) atoms. The summed E-state index contributed by atoms with van der Waals surface area (Å²) >= 11 is 0. The van der Waals surface area contributed by atoms with Crippen LogP contribution in [0, 0.1) is 0 Å². The quantitative estimate of drug-likeness (QED) is 0.535. The van der Waals surface area contributed by atoms with Crippen LogP contribution in [0.4, 0.5) is 0 Å². The van der Waals surface area contributed by atoms with Crippen molar-refractivity contribution in [2.45, 2.75) is 13.5 Å². The van der Waals surface area contributed by atoms with E-state index in [2.05, 4.69) is 19.1 Å². The Labute approximate surface area is 141 Å². The average molecular weight is 324 g/mol. The van der Waals surface area contributed by atoms with E-state index in [1.54, 1.807) is 15.9 Å². The van der Waals surface area contributed by atoms with E-state index in [1.807, 2.05) is 24.3 Å². The molecule has 1 aliphatic rings. The maximum absolute atomic E-state index is 12.0. The fraction of sp³-hybridized carbons (Fsp3) is 0.350. The lowest BCUT2D eigenvalue weighted by molar-refractivity contribution is -1.02. The predicted octanol–water partition coefficient (Wildman–Crippen LogP) is 0.250. The van der Waals surface area contributed by atoms with Gasteiger partial charge < -0.3 is 14.2 Å². The standard InChI is InChI=1S/C20H22N2O2/c1-2-21-9-11-22(12-10-21)14-16-13-19(23)24-18-8-7-15-5-3-4-6-17(15)20(16)18/h3-8,13H,2,9-12,14H2,1H3/p+2. The first-order valence-corrected chi connectivity index (χ1v) is 8.86. The van der Waals surface area contributed by atoms with Crippen molar-refractivity contribution in [3.8, 4) is 0 Å². The molecule has 4 nitrogen and oxygen atoms in total. The number of fused-ring (bicyclic) bond motifs is 3. The molecule has 0 unspecified atom stereocenters. The summed E-state index contributed by atoms with van der Waals surface area (Å²) < 4.78 is 5.47. The van der Waals surface area contributed by atoms with Crippen molar-refractivity contribution in [1.29, 1.82) is 0 Å². The van der Waals surface area contributed by atoms with Gasteiger partial charge in [0.05, 0.1) is 6.54 Å². The highest BCUT2D eigenvalue weighted by Crippen LogP contribution is 2.26. The SMILES string of the molecule is CC[NH+]1CC[NH+](Cc2cc(=O)oc3ccc4ccccc4c23)CC1. The molecule has 4 rings (SSSR count). The summed E-state index contributed by atoms with van der Waals surface area (Å²) in [7, 11) is 0. The van der Waals surface area contributed by atoms with E-state index in [9.17, 15) is 4.79 Å². The zero-order valence-corrected chi connectivity index (χ0v) is 14.1. The van der Waals surface area contributed by atoms with Crippen LogP contribution >= 0.6 is 0 Å². The number of piperazine rings is 1. The molecule has 0 aliphatic carbocycles. The van der Waals surface area contributed by atoms with Gasteiger partial charge in [0, 0.05) is 17.0 Å². The molecule has 3 aromatic rings. The van der Waals surface area contributed by atoms with Crippen LogP contribution in [0.15, 0.2) is 51.7 Å². The molecule has 0 radical (unpaired) electrons. The molecule has 0 atom stereocenters. The van der Waals surface area contributed by atoms with Crippen molar-refractivity contribution in [3.63, 3.8) is 0 Å². The molecule has 2 N–H and O–H groups in total. The summed E-state index contributed by atoms with van der Waals surface area (Å²) in [4.78, 5) is 15.2. The fourth-order valence-corrected chi connectivity index (χ4v) is 3.92. The van der Waals surface area contributed by atoms with Crippen LogP contribution in [0.5, 0.6) is 0 Å². The van der Waals surface area contributed by atoms with Crippen molar-refractivity contribution < 1.29 is 14.2 Å². The summed E-state index contributed by atoms with van der Waals surface area (Å²) in [5.41, 5.74) is 1.58. The monoisotopic (exact) mass is 324 g/mol. The number of quaternary nitrogens is 2. The zero-order chi connectivity index (χ0) is 16.5. The molecular formula is C20H24N2O2+2. The molecule has 0 bridgehead atoms. The van der Waals surface area contributed by atoms with Gasteiger partial charge in [-0.1, -0.05) is 30.3 Å². The van der Waals surface area contributed by atoms with Gasteiger partial charge >= 0.3 is 5.63 Å². The number of benzene rings is 2. The second-order valence-corrected chi connectivity index (χ2v) is 6.78. The molecule has 0 amide bonds. The van der Waals surface area contributed by atoms with E-state index in [1.165, 1.54) is 30.4 Å². The first-order valence-electron chi connectivity index (χ1n) is 8.86. The Morgan fingerprint density at radius 3 is 2.54 bits per heavy atom. The van der Waals surface area contributed by atoms with Gasteiger partial charge in [-0.2, -0.15) is 0 Å². The first kappa shape index (κ1) is 15.4. The first-order chi connectivity index (χ1) is 11.7. The molecule has 1 aromatic heterocycles. The molecule has 0 spiro atoms. The molecule has 1 saturated heterocycles. The minimum absolute atomic E-state index is 0.245. The van der Waals surface area contributed by atoms with Crippen molar-refractivity contribution in [2.24, 2.45) is 0 Å². The molecule has 1 fully saturated rings. The zero-order valence-electron chi connectivity index (χ0n) is 14.1. The second-order valence-electron chi connectivity index (χ2n) is 6.78. The molecule has 0 saturated carbocycles. The number of likely N-dealkylation sites (N-methyl/N-ethyl adjacent to an activating group) is 1. The van der Waals surface area contributed by atoms with E-state index >= 15 is 0 Å². The van der Waals surface area contributed by atoms with E-state index in [0.717, 1.165) is 30.6 Å². The van der Waals surface area contributed by atoms with E-state index in [4.69, 9.17) is 4.42 Å². The van der Waals surface area contributed by atoms with Gasteiger partial charge in [0.2, 0.25) is 0 Å². The molecule has 2 aromatic carbocycles. The molecule has 2 heterocycles. The fourth-order valence-electron chi connectivity index (χ4n) is 3.92. The Bertz CT molecular complexity index is 924. The van der Waals surface area contributed by atoms with Crippen LogP contribution < -0.4 is 15.4 Å². The van der Waals surface area contributed by atoms with Gasteiger partial charge in [0.1, 0.15) is 38.3 Å². The summed E-state index contributed by atoms with van der Waals surface area (Å²) in [6.45, 7) is 9.11. The minimum Gasteiger partial charge on any atom is -0.423 e. The van der Waals surface area contributed by atoms with Gasteiger partial charge in [-0.15, -0.1) is 0 Å². The Morgan fingerprint density at radius 2 is 1.75 bits per heavy atom. The van der Waals surface area contributed by atoms with Crippen molar-refractivity contribution >= 4 is 21.7 Å². The van der Waals surface area contributed by atoms with Crippen molar-refractivity contribution in [2.75, 3.05) is 32.7 Å². The molecular weight excluding hydrogens is 300 g/mol. The maximum atomic E-state index is 12.0. The Hall–Kier alpha value is -2.17.